The van der Waals surface area contributed by atoms with Crippen LogP contribution in [0, 0.1) is 0 Å². The van der Waals surface area contributed by atoms with E-state index >= 15 is 0 Å². The maximum atomic E-state index is 3.46. The normalized spacial score (nSPS) is 11.2. The van der Waals surface area contributed by atoms with Gasteiger partial charge in [-0.05, 0) is 13.0 Å². The highest BCUT2D eigenvalue weighted by atomic mass is 14.9. The van der Waals surface area contributed by atoms with Crippen LogP contribution in [0.4, 0.5) is 0 Å². The molecule has 0 bridgehead atoms. The Balaban J connectivity index is 2.87. The number of hydrogen-bond acceptors (Lipinski definition) is 1. The van der Waals surface area contributed by atoms with Crippen LogP contribution in [0.5, 0.6) is 0 Å². The van der Waals surface area contributed by atoms with Crippen LogP contribution in [0.25, 0.3) is 0 Å². The molecule has 92 valence electrons. The van der Waals surface area contributed by atoms with E-state index in [0.717, 1.165) is 0 Å². The first-order valence-electron chi connectivity index (χ1n) is 7.00. The lowest BCUT2D eigenvalue weighted by molar-refractivity contribution is 0.526. The zero-order chi connectivity index (χ0) is 11.4. The molecule has 0 rings (SSSR count). The molecule has 0 aromatic carbocycles. The minimum Gasteiger partial charge on any atom is -0.315 e. The van der Waals surface area contributed by atoms with Crippen LogP contribution in [0.1, 0.15) is 78.6 Å². The average molecular weight is 213 g/mol. The van der Waals surface area contributed by atoms with Gasteiger partial charge in [0.1, 0.15) is 0 Å². The molecule has 0 unspecified atom stereocenters. The fraction of sp³-hybridized carbons (Fsp3) is 1.00. The minimum atomic E-state index is 0.652. The summed E-state index contributed by atoms with van der Waals surface area (Å²) in [7, 11) is 0. The van der Waals surface area contributed by atoms with Gasteiger partial charge in [-0.1, -0.05) is 72.1 Å². The van der Waals surface area contributed by atoms with Crippen molar-refractivity contribution < 1.29 is 0 Å². The lowest BCUT2D eigenvalue weighted by Crippen LogP contribution is -2.23. The molecule has 0 aliphatic carbocycles. The van der Waals surface area contributed by atoms with E-state index in [4.69, 9.17) is 0 Å². The molecule has 0 atom stereocenters. The van der Waals surface area contributed by atoms with Gasteiger partial charge in [-0.2, -0.15) is 0 Å². The Bertz CT molecular complexity index is 110. The Hall–Kier alpha value is -0.0400. The summed E-state index contributed by atoms with van der Waals surface area (Å²) in [5.41, 5.74) is 0. The summed E-state index contributed by atoms with van der Waals surface area (Å²) in [4.78, 5) is 0. The lowest BCUT2D eigenvalue weighted by atomic mass is 10.1. The maximum Gasteiger partial charge on any atom is 0.00103 e. The van der Waals surface area contributed by atoms with E-state index in [1.165, 1.54) is 64.3 Å². The summed E-state index contributed by atoms with van der Waals surface area (Å²) in [5, 5.41) is 3.46. The Morgan fingerprint density at radius 2 is 1.20 bits per heavy atom. The molecular weight excluding hydrogens is 182 g/mol. The van der Waals surface area contributed by atoms with Gasteiger partial charge in [-0.25, -0.2) is 0 Å². The van der Waals surface area contributed by atoms with Crippen LogP contribution in [0.15, 0.2) is 0 Å². The first kappa shape index (κ1) is 15.0. The molecule has 15 heavy (non-hydrogen) atoms. The smallest absolute Gasteiger partial charge is 0.00103 e. The molecule has 0 saturated carbocycles. The second-order valence-electron chi connectivity index (χ2n) is 4.94. The van der Waals surface area contributed by atoms with E-state index < -0.39 is 0 Å². The monoisotopic (exact) mass is 213 g/mol. The molecular formula is C14H31N. The maximum absolute atomic E-state index is 3.46. The van der Waals surface area contributed by atoms with Crippen molar-refractivity contribution in [2.24, 2.45) is 0 Å². The summed E-state index contributed by atoms with van der Waals surface area (Å²) < 4.78 is 0. The van der Waals surface area contributed by atoms with Gasteiger partial charge in [-0.3, -0.25) is 0 Å². The molecule has 0 aliphatic heterocycles. The summed E-state index contributed by atoms with van der Waals surface area (Å²) in [5.74, 6) is 0. The van der Waals surface area contributed by atoms with Gasteiger partial charge < -0.3 is 5.32 Å². The van der Waals surface area contributed by atoms with Crippen molar-refractivity contribution in [3.8, 4) is 0 Å². The molecule has 0 fully saturated rings. The Kier molecular flexibility index (Phi) is 12.0. The highest BCUT2D eigenvalue weighted by Gasteiger charge is 1.93. The quantitative estimate of drug-likeness (QED) is 0.498. The van der Waals surface area contributed by atoms with E-state index in [-0.39, 0.29) is 0 Å². The number of nitrogens with one attached hydrogen (secondary N) is 1. The van der Waals surface area contributed by atoms with Crippen LogP contribution in [-0.4, -0.2) is 12.6 Å². The van der Waals surface area contributed by atoms with Crippen LogP contribution in [0.2, 0.25) is 0 Å². The highest BCUT2D eigenvalue weighted by molar-refractivity contribution is 4.53. The van der Waals surface area contributed by atoms with Gasteiger partial charge in [0.05, 0.1) is 0 Å². The van der Waals surface area contributed by atoms with E-state index in [1.807, 2.05) is 0 Å². The third-order valence-electron chi connectivity index (χ3n) is 2.83. The number of rotatable bonds is 11. The first-order valence-corrected chi connectivity index (χ1v) is 7.00. The summed E-state index contributed by atoms with van der Waals surface area (Å²) in [6, 6.07) is 0.652. The molecule has 0 radical (unpaired) electrons. The highest BCUT2D eigenvalue weighted by Crippen LogP contribution is 2.09. The molecule has 0 aliphatic rings. The summed E-state index contributed by atoms with van der Waals surface area (Å²) >= 11 is 0. The number of hydrogen-bond donors (Lipinski definition) is 1. The minimum absolute atomic E-state index is 0.652. The van der Waals surface area contributed by atoms with Crippen LogP contribution >= 0.6 is 0 Å². The molecule has 0 aromatic heterocycles. The van der Waals surface area contributed by atoms with Gasteiger partial charge in [0.25, 0.3) is 0 Å². The molecule has 0 saturated heterocycles. The largest absolute Gasteiger partial charge is 0.315 e. The molecule has 0 heterocycles. The van der Waals surface area contributed by atoms with E-state index in [2.05, 4.69) is 26.1 Å². The topological polar surface area (TPSA) is 12.0 Å². The van der Waals surface area contributed by atoms with Gasteiger partial charge in [0, 0.05) is 6.04 Å². The third-order valence-corrected chi connectivity index (χ3v) is 2.83. The van der Waals surface area contributed by atoms with Crippen LogP contribution < -0.4 is 5.32 Å². The van der Waals surface area contributed by atoms with Gasteiger partial charge in [0.2, 0.25) is 0 Å². The zero-order valence-corrected chi connectivity index (χ0v) is 11.1. The van der Waals surface area contributed by atoms with Crippen molar-refractivity contribution in [2.45, 2.75) is 84.6 Å². The molecule has 0 aromatic rings. The molecule has 0 spiro atoms. The van der Waals surface area contributed by atoms with Crippen LogP contribution in [-0.2, 0) is 0 Å². The van der Waals surface area contributed by atoms with Crippen molar-refractivity contribution >= 4 is 0 Å². The van der Waals surface area contributed by atoms with Crippen molar-refractivity contribution in [2.75, 3.05) is 6.54 Å². The Labute approximate surface area is 97.0 Å². The SMILES string of the molecule is CCCCCCCCCCCNC(C)C. The van der Waals surface area contributed by atoms with Crippen molar-refractivity contribution in [1.82, 2.24) is 5.32 Å². The second-order valence-corrected chi connectivity index (χ2v) is 4.94. The Morgan fingerprint density at radius 1 is 0.733 bits per heavy atom. The average Bonchev–Trinajstić information content (AvgIpc) is 2.20. The van der Waals surface area contributed by atoms with Crippen molar-refractivity contribution in [1.29, 1.82) is 0 Å². The summed E-state index contributed by atoms with van der Waals surface area (Å²) in [6.07, 6.45) is 12.8. The molecule has 1 heteroatoms. The fourth-order valence-electron chi connectivity index (χ4n) is 1.83. The van der Waals surface area contributed by atoms with E-state index in [1.54, 1.807) is 0 Å². The van der Waals surface area contributed by atoms with Gasteiger partial charge in [-0.15, -0.1) is 0 Å². The zero-order valence-electron chi connectivity index (χ0n) is 11.1. The van der Waals surface area contributed by atoms with Crippen molar-refractivity contribution in [3.63, 3.8) is 0 Å². The van der Waals surface area contributed by atoms with Gasteiger partial charge in [0.15, 0.2) is 0 Å². The fourth-order valence-corrected chi connectivity index (χ4v) is 1.83. The predicted molar refractivity (Wildman–Crippen MR) is 70.4 cm³/mol. The van der Waals surface area contributed by atoms with E-state index in [9.17, 15) is 0 Å². The Morgan fingerprint density at radius 3 is 1.67 bits per heavy atom. The molecule has 1 N–H and O–H groups in total. The van der Waals surface area contributed by atoms with Crippen LogP contribution in [0.3, 0.4) is 0 Å². The number of unbranched alkanes of at least 4 members (excludes halogenated alkanes) is 8. The first-order chi connectivity index (χ1) is 7.27. The third kappa shape index (κ3) is 14.0. The van der Waals surface area contributed by atoms with Crippen molar-refractivity contribution in [3.05, 3.63) is 0 Å². The van der Waals surface area contributed by atoms with E-state index in [0.29, 0.717) is 6.04 Å². The second kappa shape index (κ2) is 12.0. The predicted octanol–water partition coefficient (Wildman–Crippen LogP) is 4.52. The summed E-state index contributed by atoms with van der Waals surface area (Å²) in [6.45, 7) is 7.91. The molecule has 0 amide bonds. The molecule has 1 nitrogen and oxygen atoms in total. The van der Waals surface area contributed by atoms with Gasteiger partial charge >= 0.3 is 0 Å². The standard InChI is InChI=1S/C14H31N/c1-4-5-6-7-8-9-10-11-12-13-15-14(2)3/h14-15H,4-13H2,1-3H3. The lowest BCUT2D eigenvalue weighted by Gasteiger charge is -2.07.